The summed E-state index contributed by atoms with van der Waals surface area (Å²) in [5, 5.41) is 7.88. The van der Waals surface area contributed by atoms with Gasteiger partial charge < -0.3 is 14.1 Å². The molecule has 1 fully saturated rings. The molecule has 0 radical (unpaired) electrons. The Morgan fingerprint density at radius 2 is 2.19 bits per heavy atom. The van der Waals surface area contributed by atoms with Crippen molar-refractivity contribution in [3.63, 3.8) is 0 Å². The average molecular weight is 307 g/mol. The molecule has 1 saturated heterocycles. The second-order valence-corrected chi connectivity index (χ2v) is 6.54. The number of ether oxygens (including phenoxy) is 1. The molecule has 6 nitrogen and oxygen atoms in total. The van der Waals surface area contributed by atoms with Crippen LogP contribution in [0.4, 0.5) is 0 Å². The normalized spacial score (nSPS) is 19.0. The summed E-state index contributed by atoms with van der Waals surface area (Å²) >= 11 is 1.63. The van der Waals surface area contributed by atoms with Gasteiger partial charge in [0.05, 0.1) is 18.8 Å². The minimum absolute atomic E-state index is 0.000929. The summed E-state index contributed by atoms with van der Waals surface area (Å²) in [5.74, 6) is 0.927. The molecule has 0 spiro atoms. The molecule has 0 N–H and O–H groups in total. The third-order valence-corrected chi connectivity index (χ3v) is 4.45. The van der Waals surface area contributed by atoms with Crippen molar-refractivity contribution >= 4 is 17.2 Å². The zero-order valence-electron chi connectivity index (χ0n) is 12.3. The molecule has 0 aliphatic carbocycles. The molecule has 0 saturated carbocycles. The zero-order valence-corrected chi connectivity index (χ0v) is 13.1. The maximum absolute atomic E-state index is 12.8. The fourth-order valence-corrected chi connectivity index (χ4v) is 3.41. The lowest BCUT2D eigenvalue weighted by Gasteiger charge is -2.33. The summed E-state index contributed by atoms with van der Waals surface area (Å²) in [7, 11) is 0. The molecule has 1 aliphatic heterocycles. The molecule has 7 heteroatoms. The lowest BCUT2D eigenvalue weighted by atomic mass is 10.1. The monoisotopic (exact) mass is 307 g/mol. The fourth-order valence-electron chi connectivity index (χ4n) is 2.50. The molecule has 2 aromatic rings. The molecule has 112 valence electrons. The number of thiophene rings is 1. The topological polar surface area (TPSA) is 68.5 Å². The van der Waals surface area contributed by atoms with Crippen LogP contribution in [0.3, 0.4) is 0 Å². The van der Waals surface area contributed by atoms with Gasteiger partial charge in [-0.05, 0) is 19.9 Å². The maximum atomic E-state index is 12.8. The zero-order chi connectivity index (χ0) is 15.0. The Morgan fingerprint density at radius 3 is 2.81 bits per heavy atom. The quantitative estimate of drug-likeness (QED) is 0.851. The van der Waals surface area contributed by atoms with Crippen molar-refractivity contribution in [1.29, 1.82) is 0 Å². The largest absolute Gasteiger partial charge is 0.423 e. The van der Waals surface area contributed by atoms with E-state index < -0.39 is 0 Å². The first kappa shape index (κ1) is 14.2. The number of hydrogen-bond donors (Lipinski definition) is 0. The van der Waals surface area contributed by atoms with Crippen LogP contribution >= 0.6 is 11.3 Å². The predicted molar refractivity (Wildman–Crippen MR) is 77.4 cm³/mol. The van der Waals surface area contributed by atoms with Crippen molar-refractivity contribution in [2.24, 2.45) is 0 Å². The molecular formula is C14H17N3O3S. The van der Waals surface area contributed by atoms with Gasteiger partial charge >= 0.3 is 0 Å². The van der Waals surface area contributed by atoms with Gasteiger partial charge in [-0.2, -0.15) is 0 Å². The Labute approximate surface area is 126 Å². The average Bonchev–Trinajstić information content (AvgIpc) is 3.04. The Hall–Kier alpha value is -1.73. The molecule has 1 unspecified atom stereocenters. The number of rotatable bonds is 2. The minimum atomic E-state index is -0.313. The molecule has 0 bridgehead atoms. The van der Waals surface area contributed by atoms with E-state index in [2.05, 4.69) is 10.2 Å². The van der Waals surface area contributed by atoms with Crippen molar-refractivity contribution < 1.29 is 13.9 Å². The smallest absolute Gasteiger partial charge is 0.255 e. The van der Waals surface area contributed by atoms with Crippen LogP contribution in [0.15, 0.2) is 10.5 Å². The molecule has 21 heavy (non-hydrogen) atoms. The molecule has 1 amide bonds. The second kappa shape index (κ2) is 5.57. The number of carbonyl (C=O) groups excluding carboxylic acids is 1. The predicted octanol–water partition coefficient (Wildman–Crippen LogP) is 2.27. The molecular weight excluding hydrogens is 290 g/mol. The van der Waals surface area contributed by atoms with Gasteiger partial charge in [-0.25, -0.2) is 0 Å². The highest BCUT2D eigenvalue weighted by molar-refractivity contribution is 7.12. The van der Waals surface area contributed by atoms with E-state index in [-0.39, 0.29) is 11.9 Å². The van der Waals surface area contributed by atoms with E-state index in [4.69, 9.17) is 9.15 Å². The summed E-state index contributed by atoms with van der Waals surface area (Å²) in [6.07, 6.45) is 0. The SMILES string of the molecule is Cc1nnc(C2COCCN2C(=O)c2cc(C)sc2C)o1. The highest BCUT2D eigenvalue weighted by Crippen LogP contribution is 2.28. The molecule has 1 atom stereocenters. The van der Waals surface area contributed by atoms with E-state index in [1.54, 1.807) is 23.2 Å². The molecule has 1 aliphatic rings. The van der Waals surface area contributed by atoms with Gasteiger partial charge in [-0.1, -0.05) is 0 Å². The highest BCUT2D eigenvalue weighted by atomic mass is 32.1. The summed E-state index contributed by atoms with van der Waals surface area (Å²) in [6.45, 7) is 7.15. The molecule has 3 rings (SSSR count). The second-order valence-electron chi connectivity index (χ2n) is 5.08. The summed E-state index contributed by atoms with van der Waals surface area (Å²) in [5.41, 5.74) is 0.751. The molecule has 2 aromatic heterocycles. The van der Waals surface area contributed by atoms with Crippen molar-refractivity contribution in [2.75, 3.05) is 19.8 Å². The van der Waals surface area contributed by atoms with E-state index in [0.717, 1.165) is 15.3 Å². The molecule has 3 heterocycles. The first-order chi connectivity index (χ1) is 10.1. The number of carbonyl (C=O) groups is 1. The lowest BCUT2D eigenvalue weighted by molar-refractivity contribution is -0.0106. The van der Waals surface area contributed by atoms with Crippen LogP contribution in [0, 0.1) is 20.8 Å². The molecule has 0 aromatic carbocycles. The van der Waals surface area contributed by atoms with E-state index in [1.165, 1.54) is 0 Å². The van der Waals surface area contributed by atoms with Gasteiger partial charge in [0.2, 0.25) is 11.8 Å². The van der Waals surface area contributed by atoms with Gasteiger partial charge in [0.25, 0.3) is 5.91 Å². The standard InChI is InChI=1S/C14H17N3O3S/c1-8-6-11(9(2)21-8)14(18)17-4-5-19-7-12(17)13-16-15-10(3)20-13/h6,12H,4-5,7H2,1-3H3. The van der Waals surface area contributed by atoms with Crippen LogP contribution in [-0.2, 0) is 4.74 Å². The van der Waals surface area contributed by atoms with Gasteiger partial charge in [0.1, 0.15) is 6.04 Å². The van der Waals surface area contributed by atoms with Crippen LogP contribution in [0.5, 0.6) is 0 Å². The van der Waals surface area contributed by atoms with Gasteiger partial charge in [-0.15, -0.1) is 21.5 Å². The summed E-state index contributed by atoms with van der Waals surface area (Å²) in [6, 6.07) is 1.63. The number of amides is 1. The Bertz CT molecular complexity index is 664. The van der Waals surface area contributed by atoms with Crippen molar-refractivity contribution in [2.45, 2.75) is 26.8 Å². The van der Waals surface area contributed by atoms with E-state index in [1.807, 2.05) is 19.9 Å². The van der Waals surface area contributed by atoms with Crippen LogP contribution in [0.1, 0.15) is 37.9 Å². The van der Waals surface area contributed by atoms with Gasteiger partial charge in [-0.3, -0.25) is 4.79 Å². The minimum Gasteiger partial charge on any atom is -0.423 e. The van der Waals surface area contributed by atoms with Crippen molar-refractivity contribution in [3.8, 4) is 0 Å². The third kappa shape index (κ3) is 2.71. The van der Waals surface area contributed by atoms with Gasteiger partial charge in [0, 0.05) is 23.2 Å². The summed E-state index contributed by atoms with van der Waals surface area (Å²) in [4.78, 5) is 16.7. The summed E-state index contributed by atoms with van der Waals surface area (Å²) < 4.78 is 11.0. The van der Waals surface area contributed by atoms with E-state index in [0.29, 0.717) is 31.5 Å². The Kier molecular flexibility index (Phi) is 3.77. The highest BCUT2D eigenvalue weighted by Gasteiger charge is 2.33. The third-order valence-electron chi connectivity index (χ3n) is 3.49. The van der Waals surface area contributed by atoms with Gasteiger partial charge in [0.15, 0.2) is 0 Å². The van der Waals surface area contributed by atoms with Crippen LogP contribution in [0.2, 0.25) is 0 Å². The van der Waals surface area contributed by atoms with E-state index >= 15 is 0 Å². The number of aryl methyl sites for hydroxylation is 3. The van der Waals surface area contributed by atoms with Crippen LogP contribution in [-0.4, -0.2) is 40.8 Å². The van der Waals surface area contributed by atoms with E-state index in [9.17, 15) is 4.79 Å². The first-order valence-corrected chi connectivity index (χ1v) is 7.63. The Balaban J connectivity index is 1.90. The van der Waals surface area contributed by atoms with Crippen LogP contribution in [0.25, 0.3) is 0 Å². The number of aromatic nitrogens is 2. The number of nitrogens with zero attached hydrogens (tertiary/aromatic N) is 3. The Morgan fingerprint density at radius 1 is 1.38 bits per heavy atom. The van der Waals surface area contributed by atoms with Crippen molar-refractivity contribution in [1.82, 2.24) is 15.1 Å². The number of hydrogen-bond acceptors (Lipinski definition) is 6. The lowest BCUT2D eigenvalue weighted by Crippen LogP contribution is -2.43. The maximum Gasteiger partial charge on any atom is 0.255 e. The van der Waals surface area contributed by atoms with Crippen LogP contribution < -0.4 is 0 Å². The number of morpholine rings is 1. The fraction of sp³-hybridized carbons (Fsp3) is 0.500. The van der Waals surface area contributed by atoms with Crippen molar-refractivity contribution in [3.05, 3.63) is 33.2 Å². The first-order valence-electron chi connectivity index (χ1n) is 6.82.